The molecule has 5 saturated carbocycles. The highest BCUT2D eigenvalue weighted by Crippen LogP contribution is 2.49. The Morgan fingerprint density at radius 2 is 0.522 bits per heavy atom. The van der Waals surface area contributed by atoms with Crippen LogP contribution in [-0.4, -0.2) is 39.6 Å². The van der Waals surface area contributed by atoms with Gasteiger partial charge >= 0.3 is 0 Å². The fourth-order valence-corrected chi connectivity index (χ4v) is 22.7. The average molecular weight is 1910 g/mol. The maximum Gasteiger partial charge on any atom is 0.201 e. The largest absolute Gasteiger partial charge is 0.492 e. The van der Waals surface area contributed by atoms with Crippen molar-refractivity contribution in [3.63, 3.8) is 0 Å². The summed E-state index contributed by atoms with van der Waals surface area (Å²) in [5.74, 6) is 4.87. The first kappa shape index (κ1) is 107. The van der Waals surface area contributed by atoms with Gasteiger partial charge in [0, 0.05) is 22.3 Å². The molecule has 2 atom stereocenters. The minimum atomic E-state index is -0.939. The summed E-state index contributed by atoms with van der Waals surface area (Å²) in [6.45, 7) is 23.3. The lowest BCUT2D eigenvalue weighted by molar-refractivity contribution is -0.0194. The number of hydrogen-bond acceptors (Lipinski definition) is 6. The van der Waals surface area contributed by atoms with Crippen molar-refractivity contribution >= 4 is 34.8 Å². The minimum Gasteiger partial charge on any atom is -0.492 e. The summed E-state index contributed by atoms with van der Waals surface area (Å²) >= 11 is 18.4. The molecule has 9 aromatic carbocycles. The highest BCUT2D eigenvalue weighted by Gasteiger charge is 2.34. The van der Waals surface area contributed by atoms with E-state index in [-0.39, 0.29) is 49.6 Å². The molecule has 0 bridgehead atoms. The van der Waals surface area contributed by atoms with Crippen molar-refractivity contribution in [1.82, 2.24) is 0 Å². The molecule has 134 heavy (non-hydrogen) atoms. The second-order valence-electron chi connectivity index (χ2n) is 38.6. The van der Waals surface area contributed by atoms with Gasteiger partial charge in [0.25, 0.3) is 0 Å². The van der Waals surface area contributed by atoms with Crippen LogP contribution in [0.15, 0.2) is 158 Å². The Morgan fingerprint density at radius 1 is 0.246 bits per heavy atom. The second kappa shape index (κ2) is 55.8. The predicted molar refractivity (Wildman–Crippen MR) is 543 cm³/mol. The van der Waals surface area contributed by atoms with E-state index in [2.05, 4.69) is 71.0 Å². The first-order chi connectivity index (χ1) is 65.2. The highest BCUT2D eigenvalue weighted by atomic mass is 35.5. The summed E-state index contributed by atoms with van der Waals surface area (Å²) in [6, 6.07) is 49.2. The SMILES string of the molecule is CCCC1CCC(C2CCC(c3ccc(OCC)c(Cl)c3F)CC2)CC1.CCCC1CCC(c2ccc(-c3ccc(OCC)c(Cl)c3F)cc2)CC1.CCCC1CCC(c2ccc(-c3ccc(OCC)c(F)c3F)cc2)OC1.CCCCCC1CCC(c2ccc(-c3ccc(OCC)c(Cl)c3F)cc2)CC1.CCCCCC1CCC(c2ccc(-c3ccc(OCC)c(F)c3F)cc2)CC1. The summed E-state index contributed by atoms with van der Waals surface area (Å²) in [7, 11) is 0. The normalized spacial score (nSPS) is 21.7. The third-order valence-corrected chi connectivity index (χ3v) is 30.7. The molecule has 0 amide bonds. The van der Waals surface area contributed by atoms with Gasteiger partial charge in [-0.2, -0.15) is 8.78 Å². The van der Waals surface area contributed by atoms with Crippen LogP contribution < -0.4 is 23.7 Å². The number of hydrogen-bond donors (Lipinski definition) is 0. The zero-order valence-electron chi connectivity index (χ0n) is 81.9. The Balaban J connectivity index is 0.000000161. The number of ether oxygens (including phenoxy) is 6. The van der Waals surface area contributed by atoms with Gasteiger partial charge in [0.15, 0.2) is 34.8 Å². The Hall–Kier alpha value is -7.68. The third kappa shape index (κ3) is 29.9. The van der Waals surface area contributed by atoms with Gasteiger partial charge in [-0.15, -0.1) is 0 Å². The standard InChI is InChI=1S/C25H32ClFO.C25H32F2O.C23H34ClFO.C23H28ClFO.C22H26F2O2/c1-3-5-6-7-18-8-10-19(11-9-18)20-12-14-21(15-13-20)22-16-17-23(28-4-2)24(26)25(22)27;1-3-5-6-7-18-8-10-19(11-9-18)20-12-14-21(15-13-20)22-16-17-23(28-4-2)25(27)24(22)26;2*1-3-5-16-6-8-17(9-7-16)18-10-12-19(13-11-18)20-14-15-21(26-4-2)22(24)23(20)25;1-3-5-15-6-12-19(26-14-15)17-9-7-16(8-10-17)18-11-13-20(25-4-2)22(24)21(18)23/h2*12-19H,3-11H2,1-2H3;14-19H,3-13H2,1-2H3;10-17H,3-9H2,1-2H3;7-11,13,15,19H,3-6,12,14H2,1-2H3. The summed E-state index contributed by atoms with van der Waals surface area (Å²) in [5.41, 5.74) is 10.6. The maximum atomic E-state index is 14.7. The smallest absolute Gasteiger partial charge is 0.201 e. The predicted octanol–water partition coefficient (Wildman–Crippen LogP) is 38.0. The molecular formula is C118H152Cl3F7O6. The average Bonchev–Trinajstić information content (AvgIpc) is 0.818. The molecule has 9 aromatic rings. The molecule has 6 fully saturated rings. The first-order valence-electron chi connectivity index (χ1n) is 51.7. The number of rotatable bonds is 34. The van der Waals surface area contributed by atoms with E-state index >= 15 is 0 Å². The maximum absolute atomic E-state index is 14.7. The molecule has 2 unspecified atom stereocenters. The summed E-state index contributed by atoms with van der Waals surface area (Å²) < 4.78 is 133. The van der Waals surface area contributed by atoms with Gasteiger partial charge in [-0.05, 0) is 339 Å². The van der Waals surface area contributed by atoms with Crippen molar-refractivity contribution in [3.05, 3.63) is 241 Å². The first-order valence-corrected chi connectivity index (χ1v) is 52.9. The molecule has 6 aliphatic rings. The van der Waals surface area contributed by atoms with Crippen LogP contribution >= 0.6 is 34.8 Å². The molecule has 0 aromatic heterocycles. The van der Waals surface area contributed by atoms with E-state index in [0.29, 0.717) is 102 Å². The summed E-state index contributed by atoms with van der Waals surface area (Å²) in [5, 5.41) is 0.271. The zero-order chi connectivity index (χ0) is 95.4. The number of halogens is 10. The minimum absolute atomic E-state index is 0.0314. The summed E-state index contributed by atoms with van der Waals surface area (Å²) in [4.78, 5) is 0. The topological polar surface area (TPSA) is 55.4 Å². The van der Waals surface area contributed by atoms with E-state index in [9.17, 15) is 30.7 Å². The Labute approximate surface area is 814 Å². The third-order valence-electron chi connectivity index (χ3n) is 29.6. The highest BCUT2D eigenvalue weighted by molar-refractivity contribution is 6.33. The molecule has 730 valence electrons. The van der Waals surface area contributed by atoms with Crippen molar-refractivity contribution < 1.29 is 59.2 Å². The molecule has 0 spiro atoms. The number of benzene rings is 9. The van der Waals surface area contributed by atoms with Crippen molar-refractivity contribution in [2.24, 2.45) is 41.4 Å². The summed E-state index contributed by atoms with van der Waals surface area (Å²) in [6.07, 6.45) is 46.9. The lowest BCUT2D eigenvalue weighted by Gasteiger charge is -2.38. The Kier molecular flexibility index (Phi) is 44.5. The van der Waals surface area contributed by atoms with E-state index < -0.39 is 34.9 Å². The van der Waals surface area contributed by atoms with E-state index in [1.54, 1.807) is 50.2 Å². The van der Waals surface area contributed by atoms with E-state index in [1.807, 2.05) is 93.6 Å². The Morgan fingerprint density at radius 3 is 0.851 bits per heavy atom. The van der Waals surface area contributed by atoms with Gasteiger partial charge in [-0.3, -0.25) is 0 Å². The Bertz CT molecular complexity index is 4680. The monoisotopic (exact) mass is 1900 g/mol. The van der Waals surface area contributed by atoms with Gasteiger partial charge in [0.2, 0.25) is 11.6 Å². The van der Waals surface area contributed by atoms with Crippen molar-refractivity contribution in [1.29, 1.82) is 0 Å². The van der Waals surface area contributed by atoms with Crippen molar-refractivity contribution in [2.45, 2.75) is 330 Å². The fraction of sp³-hybridized carbons (Fsp3) is 0.542. The lowest BCUT2D eigenvalue weighted by Crippen LogP contribution is -2.25. The molecule has 15 rings (SSSR count). The van der Waals surface area contributed by atoms with Gasteiger partial charge in [0.1, 0.15) is 38.1 Å². The van der Waals surface area contributed by atoms with Crippen LogP contribution in [0.4, 0.5) is 30.7 Å². The molecule has 0 N–H and O–H groups in total. The van der Waals surface area contributed by atoms with Crippen LogP contribution in [0.3, 0.4) is 0 Å². The molecule has 1 saturated heterocycles. The van der Waals surface area contributed by atoms with Gasteiger partial charge in [-0.1, -0.05) is 269 Å². The molecule has 1 heterocycles. The van der Waals surface area contributed by atoms with E-state index in [4.69, 9.17) is 63.2 Å². The van der Waals surface area contributed by atoms with Crippen LogP contribution in [0.5, 0.6) is 28.7 Å². The van der Waals surface area contributed by atoms with Crippen LogP contribution in [0.1, 0.15) is 358 Å². The second-order valence-corrected chi connectivity index (χ2v) is 39.7. The quantitative estimate of drug-likeness (QED) is 0.0296. The van der Waals surface area contributed by atoms with Gasteiger partial charge in [0.05, 0.1) is 45.7 Å². The molecule has 5 aliphatic carbocycles. The zero-order valence-corrected chi connectivity index (χ0v) is 84.1. The van der Waals surface area contributed by atoms with Crippen LogP contribution in [0.25, 0.3) is 44.5 Å². The van der Waals surface area contributed by atoms with Crippen LogP contribution in [0, 0.1) is 82.1 Å². The lowest BCUT2D eigenvalue weighted by atomic mass is 9.68. The molecule has 0 radical (unpaired) electrons. The van der Waals surface area contributed by atoms with E-state index in [0.717, 1.165) is 83.6 Å². The van der Waals surface area contributed by atoms with E-state index in [1.165, 1.54) is 241 Å². The molecular weight excluding hydrogens is 1750 g/mol. The molecule has 1 aliphatic heterocycles. The van der Waals surface area contributed by atoms with Crippen LogP contribution in [0.2, 0.25) is 15.1 Å². The number of unbranched alkanes of at least 4 members (excludes halogenated alkanes) is 4. The van der Waals surface area contributed by atoms with Gasteiger partial charge in [-0.25, -0.2) is 22.0 Å². The molecule has 16 heteroatoms. The molecule has 6 nitrogen and oxygen atoms in total. The van der Waals surface area contributed by atoms with Crippen molar-refractivity contribution in [2.75, 3.05) is 39.6 Å². The van der Waals surface area contributed by atoms with Gasteiger partial charge < -0.3 is 28.4 Å². The van der Waals surface area contributed by atoms with Crippen molar-refractivity contribution in [3.8, 4) is 73.3 Å². The fourth-order valence-electron chi connectivity index (χ4n) is 22.0. The van der Waals surface area contributed by atoms with Crippen LogP contribution in [-0.2, 0) is 4.74 Å².